The monoisotopic (exact) mass is 424 g/mol. The molecule has 1 aliphatic carbocycles. The Bertz CT molecular complexity index is 840. The number of rotatable bonds is 14. The van der Waals surface area contributed by atoms with E-state index in [9.17, 15) is 9.59 Å². The molecule has 3 rings (SSSR count). The minimum atomic E-state index is -0.985. The van der Waals surface area contributed by atoms with E-state index in [0.717, 1.165) is 38.4 Å². The van der Waals surface area contributed by atoms with Gasteiger partial charge in [-0.25, -0.2) is 4.79 Å². The first-order valence-electron chi connectivity index (χ1n) is 11.1. The molecule has 1 heterocycles. The number of carboxylic acid groups (broad SMARTS) is 1. The van der Waals surface area contributed by atoms with Crippen LogP contribution in [0.25, 0.3) is 0 Å². The van der Waals surface area contributed by atoms with E-state index >= 15 is 0 Å². The van der Waals surface area contributed by atoms with Crippen LogP contribution in [-0.4, -0.2) is 52.5 Å². The zero-order valence-corrected chi connectivity index (χ0v) is 17.9. The maximum atomic E-state index is 12.0. The molecule has 1 fully saturated rings. The SMILES string of the molecule is O=C(CNCc1cc(C(=O)O)ccn1)NCCCCCN(Cc1ccccc1)C1CC1. The molecular formula is C24H32N4O3. The van der Waals surface area contributed by atoms with E-state index < -0.39 is 5.97 Å². The van der Waals surface area contributed by atoms with Gasteiger partial charge in [0.05, 0.1) is 17.8 Å². The van der Waals surface area contributed by atoms with Crippen molar-refractivity contribution < 1.29 is 14.7 Å². The number of nitrogens with zero attached hydrogens (tertiary/aromatic N) is 2. The maximum absolute atomic E-state index is 12.0. The van der Waals surface area contributed by atoms with Gasteiger partial charge in [0.2, 0.25) is 5.91 Å². The predicted molar refractivity (Wildman–Crippen MR) is 120 cm³/mol. The van der Waals surface area contributed by atoms with Crippen molar-refractivity contribution >= 4 is 11.9 Å². The quantitative estimate of drug-likeness (QED) is 0.404. The second kappa shape index (κ2) is 12.2. The van der Waals surface area contributed by atoms with E-state index in [0.29, 0.717) is 18.8 Å². The highest BCUT2D eigenvalue weighted by Crippen LogP contribution is 2.28. The number of pyridine rings is 1. The van der Waals surface area contributed by atoms with E-state index in [1.807, 2.05) is 0 Å². The molecule has 0 spiro atoms. The molecule has 3 N–H and O–H groups in total. The van der Waals surface area contributed by atoms with Gasteiger partial charge in [0.15, 0.2) is 0 Å². The number of hydrogen-bond donors (Lipinski definition) is 3. The molecule has 1 aromatic carbocycles. The number of benzene rings is 1. The Morgan fingerprint density at radius 1 is 1.10 bits per heavy atom. The Balaban J connectivity index is 1.24. The van der Waals surface area contributed by atoms with E-state index in [1.165, 1.54) is 36.7 Å². The van der Waals surface area contributed by atoms with E-state index in [4.69, 9.17) is 5.11 Å². The lowest BCUT2D eigenvalue weighted by atomic mass is 10.2. The van der Waals surface area contributed by atoms with Gasteiger partial charge in [-0.3, -0.25) is 14.7 Å². The number of nitrogens with one attached hydrogen (secondary N) is 2. The van der Waals surface area contributed by atoms with Crippen molar-refractivity contribution in [3.8, 4) is 0 Å². The van der Waals surface area contributed by atoms with Gasteiger partial charge >= 0.3 is 5.97 Å². The summed E-state index contributed by atoms with van der Waals surface area (Å²) < 4.78 is 0. The number of aromatic carboxylic acids is 1. The first-order chi connectivity index (χ1) is 15.1. The molecule has 1 aromatic heterocycles. The lowest BCUT2D eigenvalue weighted by molar-refractivity contribution is -0.120. The van der Waals surface area contributed by atoms with Crippen LogP contribution in [0.15, 0.2) is 48.7 Å². The number of carbonyl (C=O) groups is 2. The van der Waals surface area contributed by atoms with Crippen molar-refractivity contribution in [2.24, 2.45) is 0 Å². The van der Waals surface area contributed by atoms with Crippen LogP contribution < -0.4 is 10.6 Å². The number of unbranched alkanes of at least 4 members (excludes halogenated alkanes) is 2. The summed E-state index contributed by atoms with van der Waals surface area (Å²) in [5.74, 6) is -1.04. The highest BCUT2D eigenvalue weighted by molar-refractivity contribution is 5.87. The van der Waals surface area contributed by atoms with Crippen molar-refractivity contribution in [3.05, 3.63) is 65.5 Å². The van der Waals surface area contributed by atoms with Gasteiger partial charge in [0.25, 0.3) is 0 Å². The third kappa shape index (κ3) is 8.47. The molecule has 166 valence electrons. The van der Waals surface area contributed by atoms with Gasteiger partial charge < -0.3 is 15.7 Å². The highest BCUT2D eigenvalue weighted by atomic mass is 16.4. The largest absolute Gasteiger partial charge is 0.478 e. The van der Waals surface area contributed by atoms with Crippen LogP contribution in [0.2, 0.25) is 0 Å². The summed E-state index contributed by atoms with van der Waals surface area (Å²) in [5.41, 5.74) is 2.17. The minimum Gasteiger partial charge on any atom is -0.478 e. The summed E-state index contributed by atoms with van der Waals surface area (Å²) in [6.45, 7) is 3.35. The molecular weight excluding hydrogens is 392 g/mol. The smallest absolute Gasteiger partial charge is 0.335 e. The summed E-state index contributed by atoms with van der Waals surface area (Å²) in [5, 5.41) is 14.9. The van der Waals surface area contributed by atoms with Crippen LogP contribution in [0, 0.1) is 0 Å². The fraction of sp³-hybridized carbons (Fsp3) is 0.458. The molecule has 0 unspecified atom stereocenters. The second-order valence-electron chi connectivity index (χ2n) is 8.04. The fourth-order valence-corrected chi connectivity index (χ4v) is 3.57. The van der Waals surface area contributed by atoms with E-state index in [1.54, 1.807) is 0 Å². The number of aromatic nitrogens is 1. The molecule has 1 amide bonds. The molecule has 7 nitrogen and oxygen atoms in total. The third-order valence-electron chi connectivity index (χ3n) is 5.39. The van der Waals surface area contributed by atoms with Crippen molar-refractivity contribution in [3.63, 3.8) is 0 Å². The number of carbonyl (C=O) groups excluding carboxylic acids is 1. The molecule has 1 saturated carbocycles. The molecule has 7 heteroatoms. The molecule has 0 radical (unpaired) electrons. The Hall–Kier alpha value is -2.77. The lowest BCUT2D eigenvalue weighted by Crippen LogP contribution is -2.34. The fourth-order valence-electron chi connectivity index (χ4n) is 3.57. The zero-order valence-electron chi connectivity index (χ0n) is 17.9. The zero-order chi connectivity index (χ0) is 21.9. The van der Waals surface area contributed by atoms with E-state index in [2.05, 4.69) is 50.8 Å². The first-order valence-corrected chi connectivity index (χ1v) is 11.1. The average Bonchev–Trinajstić information content (AvgIpc) is 3.61. The molecule has 31 heavy (non-hydrogen) atoms. The second-order valence-corrected chi connectivity index (χ2v) is 8.04. The minimum absolute atomic E-state index is 0.0573. The van der Waals surface area contributed by atoms with E-state index in [-0.39, 0.29) is 18.0 Å². The van der Waals surface area contributed by atoms with Crippen molar-refractivity contribution in [2.75, 3.05) is 19.6 Å². The molecule has 0 saturated heterocycles. The van der Waals surface area contributed by atoms with Gasteiger partial charge in [-0.05, 0) is 49.9 Å². The first kappa shape index (κ1) is 22.9. The van der Waals surface area contributed by atoms with Crippen LogP contribution in [0.1, 0.15) is 53.7 Å². The maximum Gasteiger partial charge on any atom is 0.335 e. The van der Waals surface area contributed by atoms with Crippen LogP contribution in [-0.2, 0) is 17.9 Å². The highest BCUT2D eigenvalue weighted by Gasteiger charge is 2.28. The molecule has 0 bridgehead atoms. The number of hydrogen-bond acceptors (Lipinski definition) is 5. The van der Waals surface area contributed by atoms with Crippen LogP contribution in [0.3, 0.4) is 0 Å². The van der Waals surface area contributed by atoms with Gasteiger partial charge in [-0.2, -0.15) is 0 Å². The number of carboxylic acids is 1. The summed E-state index contributed by atoms with van der Waals surface area (Å²) in [6.07, 6.45) is 7.29. The normalized spacial score (nSPS) is 13.3. The Morgan fingerprint density at radius 3 is 2.65 bits per heavy atom. The lowest BCUT2D eigenvalue weighted by Gasteiger charge is -2.22. The summed E-state index contributed by atoms with van der Waals surface area (Å²) >= 11 is 0. The Labute approximate surface area is 183 Å². The molecule has 1 aliphatic rings. The molecule has 0 aliphatic heterocycles. The van der Waals surface area contributed by atoms with Gasteiger partial charge in [0, 0.05) is 31.9 Å². The van der Waals surface area contributed by atoms with Gasteiger partial charge in [-0.1, -0.05) is 36.8 Å². The Kier molecular flexibility index (Phi) is 8.99. The van der Waals surface area contributed by atoms with Crippen molar-refractivity contribution in [1.82, 2.24) is 20.5 Å². The van der Waals surface area contributed by atoms with Crippen LogP contribution in [0.5, 0.6) is 0 Å². The summed E-state index contributed by atoms with van der Waals surface area (Å²) in [6, 6.07) is 14.3. The summed E-state index contributed by atoms with van der Waals surface area (Å²) in [7, 11) is 0. The molecule has 2 aromatic rings. The van der Waals surface area contributed by atoms with Crippen LogP contribution in [0.4, 0.5) is 0 Å². The van der Waals surface area contributed by atoms with Crippen molar-refractivity contribution in [2.45, 2.75) is 51.2 Å². The Morgan fingerprint density at radius 2 is 1.90 bits per heavy atom. The topological polar surface area (TPSA) is 94.6 Å². The van der Waals surface area contributed by atoms with Gasteiger partial charge in [-0.15, -0.1) is 0 Å². The third-order valence-corrected chi connectivity index (χ3v) is 5.39. The average molecular weight is 425 g/mol. The predicted octanol–water partition coefficient (Wildman–Crippen LogP) is 2.82. The summed E-state index contributed by atoms with van der Waals surface area (Å²) in [4.78, 5) is 29.6. The van der Waals surface area contributed by atoms with Crippen LogP contribution >= 0.6 is 0 Å². The molecule has 0 atom stereocenters. The standard InChI is InChI=1S/C24H32N4O3/c29-23(17-25-16-21-15-20(24(30)31)11-13-26-21)27-12-5-2-6-14-28(22-9-10-22)18-19-7-3-1-4-8-19/h1,3-4,7-8,11,13,15,22,25H,2,5-6,9-10,12,14,16-18H2,(H,27,29)(H,30,31). The number of amides is 1. The van der Waals surface area contributed by atoms with Gasteiger partial charge in [0.1, 0.15) is 0 Å². The van der Waals surface area contributed by atoms with Crippen molar-refractivity contribution in [1.29, 1.82) is 0 Å².